The van der Waals surface area contributed by atoms with Crippen LogP contribution < -0.4 is 11.1 Å². The first-order valence-electron chi connectivity index (χ1n) is 10.8. The van der Waals surface area contributed by atoms with Gasteiger partial charge in [-0.1, -0.05) is 18.2 Å². The zero-order valence-corrected chi connectivity index (χ0v) is 16.5. The summed E-state index contributed by atoms with van der Waals surface area (Å²) in [5, 5.41) is 3.43. The number of nitrogens with zero attached hydrogens (tertiary/aromatic N) is 2. The van der Waals surface area contributed by atoms with Gasteiger partial charge in [-0.25, -0.2) is 0 Å². The van der Waals surface area contributed by atoms with Gasteiger partial charge in [-0.3, -0.25) is 9.69 Å². The monoisotopic (exact) mass is 370 g/mol. The molecule has 5 heteroatoms. The van der Waals surface area contributed by atoms with Crippen molar-refractivity contribution in [1.82, 2.24) is 15.1 Å². The van der Waals surface area contributed by atoms with E-state index in [1.165, 1.54) is 55.2 Å². The van der Waals surface area contributed by atoms with Crippen LogP contribution in [0, 0.1) is 0 Å². The van der Waals surface area contributed by atoms with Gasteiger partial charge >= 0.3 is 0 Å². The van der Waals surface area contributed by atoms with Crippen molar-refractivity contribution in [2.75, 3.05) is 39.3 Å². The van der Waals surface area contributed by atoms with E-state index >= 15 is 0 Å². The Bertz CT molecular complexity index is 648. The molecule has 0 aromatic heterocycles. The first-order chi connectivity index (χ1) is 13.2. The van der Waals surface area contributed by atoms with Crippen LogP contribution in [0.15, 0.2) is 18.2 Å². The highest BCUT2D eigenvalue weighted by Gasteiger charge is 2.29. The van der Waals surface area contributed by atoms with Crippen LogP contribution in [0.3, 0.4) is 0 Å². The molecule has 1 aromatic rings. The fourth-order valence-electron chi connectivity index (χ4n) is 4.97. The second-order valence-corrected chi connectivity index (χ2v) is 8.46. The average molecular weight is 371 g/mol. The number of carbonyl (C=O) groups excluding carboxylic acids is 1. The lowest BCUT2D eigenvalue weighted by Crippen LogP contribution is -2.56. The Hall–Kier alpha value is -1.43. The Morgan fingerprint density at radius 2 is 1.78 bits per heavy atom. The summed E-state index contributed by atoms with van der Waals surface area (Å²) in [6.07, 6.45) is 8.06. The van der Waals surface area contributed by atoms with Gasteiger partial charge in [0.15, 0.2) is 0 Å². The standard InChI is InChI=1S/C22H34N4O/c23-21(16-17-5-6-18-3-1-2-4-19(18)15-17)22(27)26-13-11-25(12-14-26)20-7-9-24-10-8-20/h5-6,15,20-21,24H,1-4,7-14,16,23H2/t21-/m1/s1. The minimum atomic E-state index is -0.419. The summed E-state index contributed by atoms with van der Waals surface area (Å²) in [5.74, 6) is 0.123. The van der Waals surface area contributed by atoms with Gasteiger partial charge in [-0.15, -0.1) is 0 Å². The van der Waals surface area contributed by atoms with Crippen molar-refractivity contribution in [1.29, 1.82) is 0 Å². The quantitative estimate of drug-likeness (QED) is 0.839. The molecule has 3 N–H and O–H groups in total. The highest BCUT2D eigenvalue weighted by atomic mass is 16.2. The van der Waals surface area contributed by atoms with Crippen LogP contribution in [-0.2, 0) is 24.1 Å². The smallest absolute Gasteiger partial charge is 0.239 e. The number of carbonyl (C=O) groups is 1. The maximum absolute atomic E-state index is 12.8. The van der Waals surface area contributed by atoms with Gasteiger partial charge in [0.05, 0.1) is 6.04 Å². The van der Waals surface area contributed by atoms with E-state index in [-0.39, 0.29) is 5.91 Å². The fourth-order valence-corrected chi connectivity index (χ4v) is 4.97. The number of amides is 1. The lowest BCUT2D eigenvalue weighted by Gasteiger charge is -2.41. The number of benzene rings is 1. The molecule has 148 valence electrons. The van der Waals surface area contributed by atoms with E-state index in [4.69, 9.17) is 5.73 Å². The zero-order valence-electron chi connectivity index (χ0n) is 16.5. The molecule has 2 saturated heterocycles. The molecule has 0 spiro atoms. The predicted octanol–water partition coefficient (Wildman–Crippen LogP) is 1.33. The number of hydrogen-bond donors (Lipinski definition) is 2. The minimum Gasteiger partial charge on any atom is -0.339 e. The third-order valence-electron chi connectivity index (χ3n) is 6.64. The Morgan fingerprint density at radius 3 is 2.52 bits per heavy atom. The van der Waals surface area contributed by atoms with Gasteiger partial charge in [-0.2, -0.15) is 0 Å². The van der Waals surface area contributed by atoms with Crippen LogP contribution in [0.5, 0.6) is 0 Å². The maximum atomic E-state index is 12.8. The SMILES string of the molecule is N[C@H](Cc1ccc2c(c1)CCCC2)C(=O)N1CCN(C2CCNCC2)CC1. The Kier molecular flexibility index (Phi) is 6.11. The minimum absolute atomic E-state index is 0.123. The van der Waals surface area contributed by atoms with Gasteiger partial charge in [0.2, 0.25) is 5.91 Å². The molecule has 3 aliphatic rings. The Balaban J connectivity index is 1.29. The number of rotatable bonds is 4. The van der Waals surface area contributed by atoms with Crippen molar-refractivity contribution in [2.45, 2.75) is 57.0 Å². The van der Waals surface area contributed by atoms with E-state index in [9.17, 15) is 4.79 Å². The number of fused-ring (bicyclic) bond motifs is 1. The molecular formula is C22H34N4O. The van der Waals surface area contributed by atoms with Crippen LogP contribution in [0.2, 0.25) is 0 Å². The first-order valence-corrected chi connectivity index (χ1v) is 10.8. The lowest BCUT2D eigenvalue weighted by molar-refractivity contribution is -0.134. The van der Waals surface area contributed by atoms with E-state index in [1.54, 1.807) is 0 Å². The van der Waals surface area contributed by atoms with Crippen molar-refractivity contribution < 1.29 is 4.79 Å². The third kappa shape index (κ3) is 4.53. The largest absolute Gasteiger partial charge is 0.339 e. The fraction of sp³-hybridized carbons (Fsp3) is 0.682. The molecule has 4 rings (SSSR count). The second-order valence-electron chi connectivity index (χ2n) is 8.46. The van der Waals surface area contributed by atoms with Gasteiger partial charge < -0.3 is 16.0 Å². The molecule has 2 aliphatic heterocycles. The van der Waals surface area contributed by atoms with Crippen LogP contribution in [-0.4, -0.2) is 67.1 Å². The van der Waals surface area contributed by atoms with Crippen molar-refractivity contribution in [2.24, 2.45) is 5.73 Å². The summed E-state index contributed by atoms with van der Waals surface area (Å²) >= 11 is 0. The molecule has 1 aromatic carbocycles. The number of nitrogens with one attached hydrogen (secondary N) is 1. The van der Waals surface area contributed by atoms with Gasteiger partial charge in [0.1, 0.15) is 0 Å². The zero-order chi connectivity index (χ0) is 18.6. The molecule has 2 heterocycles. The molecule has 0 saturated carbocycles. The number of aryl methyl sites for hydroxylation is 2. The predicted molar refractivity (Wildman–Crippen MR) is 109 cm³/mol. The number of nitrogens with two attached hydrogens (primary N) is 1. The number of hydrogen-bond acceptors (Lipinski definition) is 4. The molecule has 2 fully saturated rings. The first kappa shape index (κ1) is 18.9. The molecule has 0 radical (unpaired) electrons. The molecule has 27 heavy (non-hydrogen) atoms. The summed E-state index contributed by atoms with van der Waals surface area (Å²) in [7, 11) is 0. The number of piperazine rings is 1. The van der Waals surface area contributed by atoms with Crippen LogP contribution in [0.1, 0.15) is 42.4 Å². The lowest BCUT2D eigenvalue weighted by atomic mass is 9.89. The highest BCUT2D eigenvalue weighted by molar-refractivity contribution is 5.82. The van der Waals surface area contributed by atoms with E-state index < -0.39 is 6.04 Å². The highest BCUT2D eigenvalue weighted by Crippen LogP contribution is 2.23. The van der Waals surface area contributed by atoms with Crippen molar-refractivity contribution in [3.63, 3.8) is 0 Å². The van der Waals surface area contributed by atoms with Gasteiger partial charge in [0, 0.05) is 32.2 Å². The van der Waals surface area contributed by atoms with Gasteiger partial charge in [-0.05, 0) is 74.7 Å². The summed E-state index contributed by atoms with van der Waals surface area (Å²) in [5.41, 5.74) is 10.5. The Labute approximate surface area is 163 Å². The molecule has 1 atom stereocenters. The van der Waals surface area contributed by atoms with Crippen LogP contribution >= 0.6 is 0 Å². The maximum Gasteiger partial charge on any atom is 0.239 e. The molecular weight excluding hydrogens is 336 g/mol. The molecule has 0 bridgehead atoms. The Morgan fingerprint density at radius 1 is 1.07 bits per heavy atom. The van der Waals surface area contributed by atoms with Crippen LogP contribution in [0.25, 0.3) is 0 Å². The molecule has 5 nitrogen and oxygen atoms in total. The van der Waals surface area contributed by atoms with E-state index in [0.717, 1.165) is 39.3 Å². The molecule has 0 unspecified atom stereocenters. The summed E-state index contributed by atoms with van der Waals surface area (Å²) in [4.78, 5) is 17.4. The summed E-state index contributed by atoms with van der Waals surface area (Å²) in [6, 6.07) is 6.98. The number of piperidine rings is 1. The topological polar surface area (TPSA) is 61.6 Å². The van der Waals surface area contributed by atoms with Crippen molar-refractivity contribution in [3.8, 4) is 0 Å². The summed E-state index contributed by atoms with van der Waals surface area (Å²) in [6.45, 7) is 5.86. The second kappa shape index (κ2) is 8.72. The third-order valence-corrected chi connectivity index (χ3v) is 6.64. The molecule has 1 aliphatic carbocycles. The normalized spacial score (nSPS) is 23.1. The molecule has 1 amide bonds. The average Bonchev–Trinajstić information content (AvgIpc) is 2.74. The summed E-state index contributed by atoms with van der Waals surface area (Å²) < 4.78 is 0. The van der Waals surface area contributed by atoms with E-state index in [0.29, 0.717) is 12.5 Å². The van der Waals surface area contributed by atoms with Crippen LogP contribution in [0.4, 0.5) is 0 Å². The van der Waals surface area contributed by atoms with Crippen molar-refractivity contribution in [3.05, 3.63) is 34.9 Å². The van der Waals surface area contributed by atoms with Crippen molar-refractivity contribution >= 4 is 5.91 Å². The van der Waals surface area contributed by atoms with E-state index in [1.807, 2.05) is 4.90 Å². The van der Waals surface area contributed by atoms with E-state index in [2.05, 4.69) is 28.4 Å². The van der Waals surface area contributed by atoms with Gasteiger partial charge in [0.25, 0.3) is 0 Å².